The van der Waals surface area contributed by atoms with E-state index in [9.17, 15) is 4.79 Å². The van der Waals surface area contributed by atoms with Crippen LogP contribution in [0.25, 0.3) is 6.08 Å². The van der Waals surface area contributed by atoms with Crippen molar-refractivity contribution in [3.8, 4) is 0 Å². The average molecular weight is 251 g/mol. The molecule has 19 heavy (non-hydrogen) atoms. The SMILES string of the molecule is O=C1NN=C(Cc2ccccc2)C1=Cc1ccc[nH]1. The van der Waals surface area contributed by atoms with Crippen LogP contribution in [0.4, 0.5) is 0 Å². The van der Waals surface area contributed by atoms with E-state index in [-0.39, 0.29) is 5.91 Å². The lowest BCUT2D eigenvalue weighted by atomic mass is 10.0. The maximum Gasteiger partial charge on any atom is 0.273 e. The number of aromatic nitrogens is 1. The summed E-state index contributed by atoms with van der Waals surface area (Å²) in [5.41, 5.74) is 5.94. The van der Waals surface area contributed by atoms with Crippen LogP contribution in [0.3, 0.4) is 0 Å². The number of hydrazone groups is 1. The van der Waals surface area contributed by atoms with E-state index in [4.69, 9.17) is 0 Å². The first-order valence-electron chi connectivity index (χ1n) is 6.09. The molecular weight excluding hydrogens is 238 g/mol. The van der Waals surface area contributed by atoms with E-state index in [0.29, 0.717) is 12.0 Å². The molecule has 4 nitrogen and oxygen atoms in total. The van der Waals surface area contributed by atoms with Crippen molar-refractivity contribution in [1.82, 2.24) is 10.4 Å². The zero-order valence-corrected chi connectivity index (χ0v) is 10.3. The molecule has 0 radical (unpaired) electrons. The third-order valence-electron chi connectivity index (χ3n) is 2.98. The van der Waals surface area contributed by atoms with Crippen molar-refractivity contribution in [3.05, 3.63) is 65.5 Å². The second-order valence-corrected chi connectivity index (χ2v) is 4.35. The molecule has 0 spiro atoms. The number of nitrogens with one attached hydrogen (secondary N) is 2. The number of hydrogen-bond donors (Lipinski definition) is 2. The molecule has 0 saturated heterocycles. The van der Waals surface area contributed by atoms with E-state index < -0.39 is 0 Å². The number of nitrogens with zero attached hydrogens (tertiary/aromatic N) is 1. The topological polar surface area (TPSA) is 57.2 Å². The van der Waals surface area contributed by atoms with Gasteiger partial charge in [0.05, 0.1) is 11.3 Å². The maximum absolute atomic E-state index is 11.8. The molecule has 0 atom stereocenters. The van der Waals surface area contributed by atoms with E-state index in [1.807, 2.05) is 54.7 Å². The van der Waals surface area contributed by atoms with Gasteiger partial charge in [0.2, 0.25) is 0 Å². The first-order chi connectivity index (χ1) is 9.33. The Morgan fingerprint density at radius 1 is 1.11 bits per heavy atom. The lowest BCUT2D eigenvalue weighted by Crippen LogP contribution is -2.14. The zero-order chi connectivity index (χ0) is 13.1. The summed E-state index contributed by atoms with van der Waals surface area (Å²) in [4.78, 5) is 14.9. The lowest BCUT2D eigenvalue weighted by Gasteiger charge is -2.01. The lowest BCUT2D eigenvalue weighted by molar-refractivity contribution is -0.116. The van der Waals surface area contributed by atoms with E-state index in [0.717, 1.165) is 17.0 Å². The third-order valence-corrected chi connectivity index (χ3v) is 2.98. The molecule has 0 aliphatic carbocycles. The molecule has 1 aromatic carbocycles. The molecule has 0 bridgehead atoms. The van der Waals surface area contributed by atoms with Crippen molar-refractivity contribution < 1.29 is 4.79 Å². The highest BCUT2D eigenvalue weighted by molar-refractivity contribution is 6.27. The Labute approximate surface area is 110 Å². The van der Waals surface area contributed by atoms with E-state index in [1.165, 1.54) is 0 Å². The van der Waals surface area contributed by atoms with Crippen molar-refractivity contribution in [1.29, 1.82) is 0 Å². The highest BCUT2D eigenvalue weighted by atomic mass is 16.2. The Bertz CT molecular complexity index is 639. The molecular formula is C15H13N3O. The van der Waals surface area contributed by atoms with Crippen molar-refractivity contribution in [2.75, 3.05) is 0 Å². The van der Waals surface area contributed by atoms with Gasteiger partial charge in [-0.2, -0.15) is 5.10 Å². The normalized spacial score (nSPS) is 16.5. The molecule has 2 heterocycles. The van der Waals surface area contributed by atoms with Gasteiger partial charge < -0.3 is 4.98 Å². The Balaban J connectivity index is 1.87. The van der Waals surface area contributed by atoms with E-state index >= 15 is 0 Å². The molecule has 0 fully saturated rings. The second kappa shape index (κ2) is 4.94. The van der Waals surface area contributed by atoms with Crippen LogP contribution < -0.4 is 5.43 Å². The smallest absolute Gasteiger partial charge is 0.273 e. The fourth-order valence-electron chi connectivity index (χ4n) is 2.03. The Morgan fingerprint density at radius 3 is 2.68 bits per heavy atom. The fourth-order valence-corrected chi connectivity index (χ4v) is 2.03. The van der Waals surface area contributed by atoms with E-state index in [2.05, 4.69) is 15.5 Å². The van der Waals surface area contributed by atoms with Crippen LogP contribution in [0.15, 0.2) is 59.3 Å². The molecule has 4 heteroatoms. The number of hydrogen-bond acceptors (Lipinski definition) is 2. The molecule has 1 amide bonds. The number of aromatic amines is 1. The van der Waals surface area contributed by atoms with Gasteiger partial charge in [0.1, 0.15) is 0 Å². The second-order valence-electron chi connectivity index (χ2n) is 4.35. The quantitative estimate of drug-likeness (QED) is 0.807. The van der Waals surface area contributed by atoms with E-state index in [1.54, 1.807) is 0 Å². The van der Waals surface area contributed by atoms with Gasteiger partial charge in [0.15, 0.2) is 0 Å². The number of carbonyl (C=O) groups excluding carboxylic acids is 1. The Morgan fingerprint density at radius 2 is 1.95 bits per heavy atom. The fraction of sp³-hybridized carbons (Fsp3) is 0.0667. The molecule has 3 rings (SSSR count). The first-order valence-corrected chi connectivity index (χ1v) is 6.09. The Hall–Kier alpha value is -2.62. The predicted octanol–water partition coefficient (Wildman–Crippen LogP) is 2.13. The van der Waals surface area contributed by atoms with Crippen LogP contribution in [0.1, 0.15) is 11.3 Å². The van der Waals surface area contributed by atoms with Crippen LogP contribution in [-0.2, 0) is 11.2 Å². The molecule has 1 aliphatic heterocycles. The monoisotopic (exact) mass is 251 g/mol. The van der Waals surface area contributed by atoms with Gasteiger partial charge in [0, 0.05) is 18.3 Å². The van der Waals surface area contributed by atoms with Crippen LogP contribution >= 0.6 is 0 Å². The van der Waals surface area contributed by atoms with Gasteiger partial charge >= 0.3 is 0 Å². The van der Waals surface area contributed by atoms with Crippen LogP contribution in [0.5, 0.6) is 0 Å². The summed E-state index contributed by atoms with van der Waals surface area (Å²) in [5.74, 6) is -0.152. The summed E-state index contributed by atoms with van der Waals surface area (Å²) in [7, 11) is 0. The van der Waals surface area contributed by atoms with Crippen LogP contribution in [0.2, 0.25) is 0 Å². The first kappa shape index (κ1) is 11.5. The number of H-pyrrole nitrogens is 1. The Kier molecular flexibility index (Phi) is 2.98. The van der Waals surface area contributed by atoms with Crippen molar-refractivity contribution in [3.63, 3.8) is 0 Å². The summed E-state index contributed by atoms with van der Waals surface area (Å²) in [5, 5.41) is 4.11. The summed E-state index contributed by atoms with van der Waals surface area (Å²) in [6, 6.07) is 13.8. The molecule has 2 aromatic rings. The standard InChI is InChI=1S/C15H13N3O/c19-15-13(10-12-7-4-8-16-12)14(17-18-15)9-11-5-2-1-3-6-11/h1-8,10,16H,9H2,(H,18,19). The minimum absolute atomic E-state index is 0.152. The number of amides is 1. The average Bonchev–Trinajstić information content (AvgIpc) is 3.05. The summed E-state index contributed by atoms with van der Waals surface area (Å²) in [6.07, 6.45) is 4.30. The van der Waals surface area contributed by atoms with Gasteiger partial charge in [-0.05, 0) is 23.8 Å². The van der Waals surface area contributed by atoms with Crippen LogP contribution in [0, 0.1) is 0 Å². The van der Waals surface area contributed by atoms with Crippen molar-refractivity contribution >= 4 is 17.7 Å². The number of rotatable bonds is 3. The zero-order valence-electron chi connectivity index (χ0n) is 10.3. The van der Waals surface area contributed by atoms with Crippen molar-refractivity contribution in [2.45, 2.75) is 6.42 Å². The number of benzene rings is 1. The van der Waals surface area contributed by atoms with Gasteiger partial charge in [-0.15, -0.1) is 0 Å². The third kappa shape index (κ3) is 2.47. The maximum atomic E-state index is 11.8. The highest BCUT2D eigenvalue weighted by Gasteiger charge is 2.22. The van der Waals surface area contributed by atoms with Gasteiger partial charge in [-0.1, -0.05) is 30.3 Å². The predicted molar refractivity (Wildman–Crippen MR) is 74.5 cm³/mol. The molecule has 94 valence electrons. The van der Waals surface area contributed by atoms with Gasteiger partial charge in [-0.25, -0.2) is 5.43 Å². The molecule has 2 N–H and O–H groups in total. The largest absolute Gasteiger partial charge is 0.362 e. The summed E-state index contributed by atoms with van der Waals surface area (Å²) < 4.78 is 0. The van der Waals surface area contributed by atoms with Gasteiger partial charge in [-0.3, -0.25) is 4.79 Å². The molecule has 1 aliphatic rings. The molecule has 1 aromatic heterocycles. The highest BCUT2D eigenvalue weighted by Crippen LogP contribution is 2.14. The minimum atomic E-state index is -0.152. The van der Waals surface area contributed by atoms with Crippen molar-refractivity contribution in [2.24, 2.45) is 5.10 Å². The summed E-state index contributed by atoms with van der Waals surface area (Å²) >= 11 is 0. The number of carbonyl (C=O) groups is 1. The minimum Gasteiger partial charge on any atom is -0.362 e. The summed E-state index contributed by atoms with van der Waals surface area (Å²) in [6.45, 7) is 0. The van der Waals surface area contributed by atoms with Gasteiger partial charge in [0.25, 0.3) is 5.91 Å². The molecule has 0 unspecified atom stereocenters. The van der Waals surface area contributed by atoms with Crippen LogP contribution in [-0.4, -0.2) is 16.6 Å². The molecule has 0 saturated carbocycles.